The van der Waals surface area contributed by atoms with Crippen molar-refractivity contribution in [3.05, 3.63) is 23.8 Å². The van der Waals surface area contributed by atoms with Crippen LogP contribution in [0.2, 0.25) is 0 Å². The molecule has 0 bridgehead atoms. The van der Waals surface area contributed by atoms with E-state index < -0.39 is 23.6 Å². The van der Waals surface area contributed by atoms with E-state index in [1.54, 1.807) is 20.8 Å². The maximum absolute atomic E-state index is 11.2. The molecule has 122 valence electrons. The number of carbonyl (C=O) groups excluding carboxylic acids is 1. The van der Waals surface area contributed by atoms with Crippen molar-refractivity contribution < 1.29 is 34.3 Å². The Kier molecular flexibility index (Phi) is 5.90. The number of benzene rings is 1. The molecule has 22 heavy (non-hydrogen) atoms. The number of hydrogen-bond acceptors (Lipinski definition) is 6. The Morgan fingerprint density at radius 1 is 1.32 bits per heavy atom. The van der Waals surface area contributed by atoms with Gasteiger partial charge >= 0.3 is 11.9 Å². The van der Waals surface area contributed by atoms with Crippen LogP contribution in [-0.2, 0) is 9.68 Å². The van der Waals surface area contributed by atoms with Gasteiger partial charge in [-0.3, -0.25) is 4.79 Å². The lowest BCUT2D eigenvalue weighted by atomic mass is 10.0. The first kappa shape index (κ1) is 17.9. The molecule has 0 aliphatic rings. The lowest BCUT2D eigenvalue weighted by molar-refractivity contribution is -0.287. The molecule has 0 aliphatic carbocycles. The van der Waals surface area contributed by atoms with Gasteiger partial charge in [0.05, 0.1) is 6.10 Å². The molecule has 7 heteroatoms. The number of esters is 1. The molecule has 1 rings (SSSR count). The van der Waals surface area contributed by atoms with Gasteiger partial charge in [-0.05, 0) is 32.9 Å². The normalized spacial score (nSPS) is 12.6. The van der Waals surface area contributed by atoms with Crippen molar-refractivity contribution in [2.75, 3.05) is 0 Å². The van der Waals surface area contributed by atoms with Gasteiger partial charge in [0.15, 0.2) is 5.75 Å². The van der Waals surface area contributed by atoms with E-state index in [0.29, 0.717) is 6.42 Å². The van der Waals surface area contributed by atoms with Gasteiger partial charge in [-0.25, -0.2) is 4.79 Å². The van der Waals surface area contributed by atoms with Crippen molar-refractivity contribution >= 4 is 11.9 Å². The molecule has 0 saturated heterocycles. The van der Waals surface area contributed by atoms with E-state index in [0.717, 1.165) is 6.92 Å². The summed E-state index contributed by atoms with van der Waals surface area (Å²) in [7, 11) is 0. The number of rotatable bonds is 7. The topological polar surface area (TPSA) is 102 Å². The van der Waals surface area contributed by atoms with Crippen LogP contribution < -0.4 is 9.62 Å². The third-order valence-corrected chi connectivity index (χ3v) is 2.60. The first-order valence-electron chi connectivity index (χ1n) is 6.71. The molecule has 1 aromatic carbocycles. The fourth-order valence-electron chi connectivity index (χ4n) is 1.90. The largest absolute Gasteiger partial charge is 0.478 e. The summed E-state index contributed by atoms with van der Waals surface area (Å²) in [5.41, 5.74) is -1.04. The van der Waals surface area contributed by atoms with Gasteiger partial charge in [0, 0.05) is 13.3 Å². The van der Waals surface area contributed by atoms with Crippen molar-refractivity contribution in [1.82, 2.24) is 0 Å². The van der Waals surface area contributed by atoms with Gasteiger partial charge in [0.25, 0.3) is 0 Å². The molecule has 0 spiro atoms. The quantitative estimate of drug-likeness (QED) is 0.344. The Morgan fingerprint density at radius 2 is 1.95 bits per heavy atom. The Morgan fingerprint density at radius 3 is 2.45 bits per heavy atom. The molecule has 1 unspecified atom stereocenters. The van der Waals surface area contributed by atoms with Crippen LogP contribution in [0.4, 0.5) is 0 Å². The van der Waals surface area contributed by atoms with Crippen LogP contribution in [-0.4, -0.2) is 33.9 Å². The van der Waals surface area contributed by atoms with Gasteiger partial charge in [0.1, 0.15) is 11.2 Å². The number of carbonyl (C=O) groups is 2. The third kappa shape index (κ3) is 5.34. The van der Waals surface area contributed by atoms with E-state index >= 15 is 0 Å². The Hall–Kier alpha value is -2.12. The zero-order valence-electron chi connectivity index (χ0n) is 13.0. The Bertz CT molecular complexity index is 549. The molecule has 2 N–H and O–H groups in total. The number of carboxylic acid groups (broad SMARTS) is 1. The van der Waals surface area contributed by atoms with E-state index in [1.165, 1.54) is 18.2 Å². The maximum Gasteiger partial charge on any atom is 0.339 e. The van der Waals surface area contributed by atoms with Crippen LogP contribution in [0.3, 0.4) is 0 Å². The standard InChI is InChI=1S/C15H20O7/c1-9(16)8-15(3,4)22-21-12-7-5-6-11(14(18)19)13(12)20-10(2)17/h5-7,9,16H,8H2,1-4H3,(H,18,19). The highest BCUT2D eigenvalue weighted by atomic mass is 17.2. The zero-order valence-corrected chi connectivity index (χ0v) is 13.0. The molecule has 1 atom stereocenters. The van der Waals surface area contributed by atoms with E-state index in [1.807, 2.05) is 0 Å². The monoisotopic (exact) mass is 312 g/mol. The molecule has 0 heterocycles. The lowest BCUT2D eigenvalue weighted by Gasteiger charge is -2.25. The van der Waals surface area contributed by atoms with Crippen LogP contribution in [0.5, 0.6) is 11.5 Å². The van der Waals surface area contributed by atoms with Gasteiger partial charge in [-0.2, -0.15) is 4.89 Å². The second-order valence-electron chi connectivity index (χ2n) is 5.51. The summed E-state index contributed by atoms with van der Waals surface area (Å²) in [4.78, 5) is 32.7. The number of aliphatic hydroxyl groups excluding tert-OH is 1. The van der Waals surface area contributed by atoms with Crippen molar-refractivity contribution in [2.45, 2.75) is 45.8 Å². The van der Waals surface area contributed by atoms with Crippen molar-refractivity contribution in [3.8, 4) is 11.5 Å². The fourth-order valence-corrected chi connectivity index (χ4v) is 1.90. The van der Waals surface area contributed by atoms with E-state index in [9.17, 15) is 14.7 Å². The zero-order chi connectivity index (χ0) is 16.9. The lowest BCUT2D eigenvalue weighted by Crippen LogP contribution is -2.30. The van der Waals surface area contributed by atoms with Gasteiger partial charge in [-0.15, -0.1) is 0 Å². The number of para-hydroxylation sites is 1. The second-order valence-corrected chi connectivity index (χ2v) is 5.51. The minimum Gasteiger partial charge on any atom is -0.478 e. The van der Waals surface area contributed by atoms with Crippen molar-refractivity contribution in [2.24, 2.45) is 0 Å². The molecule has 7 nitrogen and oxygen atoms in total. The molecule has 0 fully saturated rings. The average Bonchev–Trinajstić information content (AvgIpc) is 2.34. The summed E-state index contributed by atoms with van der Waals surface area (Å²) in [5, 5.41) is 18.5. The van der Waals surface area contributed by atoms with Gasteiger partial charge < -0.3 is 19.8 Å². The van der Waals surface area contributed by atoms with Crippen LogP contribution in [0.25, 0.3) is 0 Å². The van der Waals surface area contributed by atoms with E-state index in [4.69, 9.17) is 19.6 Å². The minimum absolute atomic E-state index is 0.0335. The van der Waals surface area contributed by atoms with Gasteiger partial charge in [-0.1, -0.05) is 6.07 Å². The molecule has 0 aliphatic heterocycles. The predicted molar refractivity (Wildman–Crippen MR) is 76.8 cm³/mol. The number of aliphatic hydroxyl groups is 1. The summed E-state index contributed by atoms with van der Waals surface area (Å²) >= 11 is 0. The van der Waals surface area contributed by atoms with Crippen LogP contribution in [0, 0.1) is 0 Å². The average molecular weight is 312 g/mol. The van der Waals surface area contributed by atoms with Crippen LogP contribution in [0.15, 0.2) is 18.2 Å². The molecular formula is C15H20O7. The molecule has 0 radical (unpaired) electrons. The predicted octanol–water partition coefficient (Wildman–Crippen LogP) is 2.17. The first-order valence-corrected chi connectivity index (χ1v) is 6.71. The Balaban J connectivity index is 3.01. The SMILES string of the molecule is CC(=O)Oc1c(OOC(C)(C)CC(C)O)cccc1C(=O)O. The number of carboxylic acids is 1. The summed E-state index contributed by atoms with van der Waals surface area (Å²) < 4.78 is 4.91. The van der Waals surface area contributed by atoms with Crippen molar-refractivity contribution in [1.29, 1.82) is 0 Å². The van der Waals surface area contributed by atoms with E-state index in [2.05, 4.69) is 0 Å². The highest BCUT2D eigenvalue weighted by molar-refractivity contribution is 5.93. The van der Waals surface area contributed by atoms with Crippen molar-refractivity contribution in [3.63, 3.8) is 0 Å². The number of aromatic carboxylic acids is 1. The van der Waals surface area contributed by atoms with Crippen LogP contribution >= 0.6 is 0 Å². The third-order valence-electron chi connectivity index (χ3n) is 2.60. The first-order chi connectivity index (χ1) is 10.1. The summed E-state index contributed by atoms with van der Waals surface area (Å²) in [5.74, 6) is -2.20. The van der Waals surface area contributed by atoms with Crippen LogP contribution in [0.1, 0.15) is 44.5 Å². The van der Waals surface area contributed by atoms with E-state index in [-0.39, 0.29) is 17.1 Å². The number of ether oxygens (including phenoxy) is 1. The summed E-state index contributed by atoms with van der Waals surface area (Å²) in [6.45, 7) is 6.17. The molecule has 0 saturated carbocycles. The molecule has 0 amide bonds. The maximum atomic E-state index is 11.2. The summed E-state index contributed by atoms with van der Waals surface area (Å²) in [6, 6.07) is 4.15. The fraction of sp³-hybridized carbons (Fsp3) is 0.467. The van der Waals surface area contributed by atoms with Gasteiger partial charge in [0.2, 0.25) is 5.75 Å². The number of hydrogen-bond donors (Lipinski definition) is 2. The highest BCUT2D eigenvalue weighted by Gasteiger charge is 2.25. The second kappa shape index (κ2) is 7.24. The minimum atomic E-state index is -1.26. The highest BCUT2D eigenvalue weighted by Crippen LogP contribution is 2.33. The Labute approximate surface area is 128 Å². The summed E-state index contributed by atoms with van der Waals surface area (Å²) in [6.07, 6.45) is -0.300. The smallest absolute Gasteiger partial charge is 0.339 e. The molecule has 0 aromatic heterocycles. The molecule has 1 aromatic rings. The molecular weight excluding hydrogens is 292 g/mol.